The van der Waals surface area contributed by atoms with E-state index in [0.717, 1.165) is 12.8 Å². The number of carboxylic acids is 1. The first-order chi connectivity index (χ1) is 10.1. The van der Waals surface area contributed by atoms with Crippen LogP contribution in [0.15, 0.2) is 24.3 Å². The summed E-state index contributed by atoms with van der Waals surface area (Å²) in [7, 11) is 0. The summed E-state index contributed by atoms with van der Waals surface area (Å²) in [6.45, 7) is 0.0108. The number of carbonyl (C=O) groups is 2. The molecule has 1 aliphatic carbocycles. The van der Waals surface area contributed by atoms with Crippen LogP contribution in [0.4, 0.5) is 0 Å². The molecule has 0 aromatic heterocycles. The fraction of sp³-hybridized carbons (Fsp3) is 0.400. The third-order valence-electron chi connectivity index (χ3n) is 3.23. The highest BCUT2D eigenvalue weighted by Gasteiger charge is 2.32. The normalized spacial score (nSPS) is 13.3. The number of para-hydroxylation sites is 1. The van der Waals surface area contributed by atoms with Crippen LogP contribution < -0.4 is 4.74 Å². The lowest BCUT2D eigenvalue weighted by atomic mass is 10.2. The van der Waals surface area contributed by atoms with Gasteiger partial charge in [0.25, 0.3) is 5.91 Å². The second-order valence-electron chi connectivity index (χ2n) is 4.86. The zero-order chi connectivity index (χ0) is 15.2. The predicted molar refractivity (Wildman–Crippen MR) is 73.6 cm³/mol. The molecule has 1 aromatic carbocycles. The molecule has 6 nitrogen and oxygen atoms in total. The lowest BCUT2D eigenvalue weighted by Gasteiger charge is -2.21. The second kappa shape index (κ2) is 6.75. The molecule has 0 unspecified atom stereocenters. The number of carboxylic acid groups (broad SMARTS) is 1. The number of amides is 1. The van der Waals surface area contributed by atoms with Gasteiger partial charge in [-0.2, -0.15) is 5.26 Å². The second-order valence-corrected chi connectivity index (χ2v) is 4.86. The molecule has 2 rings (SSSR count). The van der Waals surface area contributed by atoms with Crippen LogP contribution in [0.3, 0.4) is 0 Å². The van der Waals surface area contributed by atoms with E-state index in [4.69, 9.17) is 15.1 Å². The molecule has 0 saturated heterocycles. The molecule has 1 amide bonds. The standard InChI is InChI=1S/C15H16N2O4/c16-9-11-3-1-2-4-13(11)21-10-14(18)17(12-5-6-12)8-7-15(19)20/h1-4,12H,5-8,10H2,(H,19,20). The number of hydrogen-bond donors (Lipinski definition) is 1. The quantitative estimate of drug-likeness (QED) is 0.819. The molecule has 0 atom stereocenters. The number of nitriles is 1. The van der Waals surface area contributed by atoms with Crippen molar-refractivity contribution in [3.63, 3.8) is 0 Å². The first-order valence-electron chi connectivity index (χ1n) is 6.75. The minimum Gasteiger partial charge on any atom is -0.482 e. The Morgan fingerprint density at radius 3 is 2.71 bits per heavy atom. The first kappa shape index (κ1) is 14.9. The van der Waals surface area contributed by atoms with E-state index >= 15 is 0 Å². The van der Waals surface area contributed by atoms with Gasteiger partial charge in [0.1, 0.15) is 11.8 Å². The van der Waals surface area contributed by atoms with E-state index in [0.29, 0.717) is 11.3 Å². The van der Waals surface area contributed by atoms with Crippen LogP contribution in [0, 0.1) is 11.3 Å². The van der Waals surface area contributed by atoms with Crippen LogP contribution in [0.25, 0.3) is 0 Å². The van der Waals surface area contributed by atoms with E-state index in [1.807, 2.05) is 6.07 Å². The molecule has 1 aromatic rings. The van der Waals surface area contributed by atoms with Gasteiger partial charge in [-0.3, -0.25) is 9.59 Å². The van der Waals surface area contributed by atoms with Gasteiger partial charge in [-0.25, -0.2) is 0 Å². The molecule has 1 aliphatic rings. The van der Waals surface area contributed by atoms with E-state index in [9.17, 15) is 9.59 Å². The number of benzene rings is 1. The zero-order valence-corrected chi connectivity index (χ0v) is 11.5. The molecule has 0 radical (unpaired) electrons. The van der Waals surface area contributed by atoms with Gasteiger partial charge >= 0.3 is 5.97 Å². The molecule has 1 fully saturated rings. The third kappa shape index (κ3) is 4.21. The van der Waals surface area contributed by atoms with Gasteiger partial charge in [-0.15, -0.1) is 0 Å². The summed E-state index contributed by atoms with van der Waals surface area (Å²) < 4.78 is 5.39. The minimum atomic E-state index is -0.927. The SMILES string of the molecule is N#Cc1ccccc1OCC(=O)N(CCC(=O)O)C1CC1. The molecule has 110 valence electrons. The van der Waals surface area contributed by atoms with Gasteiger partial charge in [-0.1, -0.05) is 12.1 Å². The maximum Gasteiger partial charge on any atom is 0.305 e. The summed E-state index contributed by atoms with van der Waals surface area (Å²) in [6, 6.07) is 8.82. The van der Waals surface area contributed by atoms with E-state index in [2.05, 4.69) is 0 Å². The topological polar surface area (TPSA) is 90.6 Å². The summed E-state index contributed by atoms with van der Waals surface area (Å²) in [5.41, 5.74) is 0.369. The maximum atomic E-state index is 12.1. The van der Waals surface area contributed by atoms with Crippen molar-refractivity contribution < 1.29 is 19.4 Å². The number of hydrogen-bond acceptors (Lipinski definition) is 4. The zero-order valence-electron chi connectivity index (χ0n) is 11.5. The van der Waals surface area contributed by atoms with Crippen molar-refractivity contribution in [1.82, 2.24) is 4.90 Å². The average Bonchev–Trinajstić information content (AvgIpc) is 3.30. The summed E-state index contributed by atoms with van der Waals surface area (Å²) in [5, 5.41) is 17.7. The van der Waals surface area contributed by atoms with Crippen LogP contribution in [-0.4, -0.2) is 41.1 Å². The molecule has 0 aliphatic heterocycles. The fourth-order valence-corrected chi connectivity index (χ4v) is 2.02. The number of aliphatic carboxylic acids is 1. The van der Waals surface area contributed by atoms with Crippen molar-refractivity contribution in [1.29, 1.82) is 5.26 Å². The Balaban J connectivity index is 1.93. The third-order valence-corrected chi connectivity index (χ3v) is 3.23. The fourth-order valence-electron chi connectivity index (χ4n) is 2.02. The Labute approximate surface area is 122 Å². The molecular weight excluding hydrogens is 272 g/mol. The summed E-state index contributed by atoms with van der Waals surface area (Å²) in [6.07, 6.45) is 1.73. The Morgan fingerprint density at radius 2 is 2.10 bits per heavy atom. The Bertz CT molecular complexity index is 575. The number of ether oxygens (including phenoxy) is 1. The first-order valence-corrected chi connectivity index (χ1v) is 6.75. The van der Waals surface area contributed by atoms with Crippen LogP contribution in [-0.2, 0) is 9.59 Å². The van der Waals surface area contributed by atoms with Crippen molar-refractivity contribution in [3.8, 4) is 11.8 Å². The molecule has 1 saturated carbocycles. The van der Waals surface area contributed by atoms with Crippen LogP contribution in [0.5, 0.6) is 5.75 Å². The molecule has 6 heteroatoms. The smallest absolute Gasteiger partial charge is 0.305 e. The monoisotopic (exact) mass is 288 g/mol. The molecule has 0 spiro atoms. The van der Waals surface area contributed by atoms with Gasteiger partial charge in [-0.05, 0) is 25.0 Å². The van der Waals surface area contributed by atoms with E-state index in [1.54, 1.807) is 29.2 Å². The molecule has 1 N–H and O–H groups in total. The number of nitrogens with zero attached hydrogens (tertiary/aromatic N) is 2. The van der Waals surface area contributed by atoms with Gasteiger partial charge in [0.05, 0.1) is 12.0 Å². The Kier molecular flexibility index (Phi) is 4.77. The van der Waals surface area contributed by atoms with E-state index in [1.165, 1.54) is 0 Å². The molecule has 0 heterocycles. The molecule has 0 bridgehead atoms. The minimum absolute atomic E-state index is 0.0724. The van der Waals surface area contributed by atoms with Gasteiger partial charge in [0.2, 0.25) is 0 Å². The van der Waals surface area contributed by atoms with Crippen molar-refractivity contribution in [2.75, 3.05) is 13.2 Å². The van der Waals surface area contributed by atoms with Crippen molar-refractivity contribution in [2.24, 2.45) is 0 Å². The largest absolute Gasteiger partial charge is 0.482 e. The lowest BCUT2D eigenvalue weighted by Crippen LogP contribution is -2.38. The summed E-state index contributed by atoms with van der Waals surface area (Å²) in [5.74, 6) is -0.807. The summed E-state index contributed by atoms with van der Waals surface area (Å²) in [4.78, 5) is 24.3. The van der Waals surface area contributed by atoms with E-state index in [-0.39, 0.29) is 31.5 Å². The summed E-state index contributed by atoms with van der Waals surface area (Å²) >= 11 is 0. The lowest BCUT2D eigenvalue weighted by molar-refractivity contribution is -0.139. The van der Waals surface area contributed by atoms with Crippen LogP contribution >= 0.6 is 0 Å². The highest BCUT2D eigenvalue weighted by atomic mass is 16.5. The van der Waals surface area contributed by atoms with Crippen LogP contribution in [0.1, 0.15) is 24.8 Å². The van der Waals surface area contributed by atoms with Crippen LogP contribution in [0.2, 0.25) is 0 Å². The maximum absolute atomic E-state index is 12.1. The molecular formula is C15H16N2O4. The predicted octanol–water partition coefficient (Wildman–Crippen LogP) is 1.40. The highest BCUT2D eigenvalue weighted by molar-refractivity contribution is 5.79. The number of carbonyl (C=O) groups excluding carboxylic acids is 1. The van der Waals surface area contributed by atoms with Crippen molar-refractivity contribution >= 4 is 11.9 Å². The van der Waals surface area contributed by atoms with Gasteiger partial charge in [0.15, 0.2) is 6.61 Å². The highest BCUT2D eigenvalue weighted by Crippen LogP contribution is 2.27. The Hall–Kier alpha value is -2.55. The Morgan fingerprint density at radius 1 is 1.38 bits per heavy atom. The van der Waals surface area contributed by atoms with E-state index < -0.39 is 5.97 Å². The van der Waals surface area contributed by atoms with Gasteiger partial charge in [0, 0.05) is 12.6 Å². The van der Waals surface area contributed by atoms with Crippen molar-refractivity contribution in [3.05, 3.63) is 29.8 Å². The van der Waals surface area contributed by atoms with Crippen molar-refractivity contribution in [2.45, 2.75) is 25.3 Å². The number of rotatable bonds is 7. The average molecular weight is 288 g/mol. The molecule has 21 heavy (non-hydrogen) atoms. The van der Waals surface area contributed by atoms with Gasteiger partial charge < -0.3 is 14.7 Å².